The highest BCUT2D eigenvalue weighted by Crippen LogP contribution is 2.32. The maximum atomic E-state index is 12.9. The summed E-state index contributed by atoms with van der Waals surface area (Å²) in [6, 6.07) is 4.26. The molecular formula is C20H21F3N6O. The van der Waals surface area contributed by atoms with E-state index in [0.29, 0.717) is 12.8 Å². The van der Waals surface area contributed by atoms with Gasteiger partial charge in [-0.05, 0) is 30.9 Å². The minimum absolute atomic E-state index is 0.140. The number of pyridine rings is 1. The number of nitrogens with zero attached hydrogens (tertiary/aromatic N) is 5. The van der Waals surface area contributed by atoms with E-state index in [9.17, 15) is 18.0 Å². The molecular weight excluding hydrogens is 397 g/mol. The van der Waals surface area contributed by atoms with Gasteiger partial charge in [0.15, 0.2) is 5.69 Å². The molecule has 3 heterocycles. The lowest BCUT2D eigenvalue weighted by Crippen LogP contribution is -2.28. The van der Waals surface area contributed by atoms with Crippen molar-refractivity contribution in [3.8, 4) is 5.69 Å². The molecule has 4 rings (SSSR count). The lowest BCUT2D eigenvalue weighted by Gasteiger charge is -2.13. The molecule has 0 fully saturated rings. The Morgan fingerprint density at radius 1 is 1.27 bits per heavy atom. The van der Waals surface area contributed by atoms with Crippen LogP contribution in [0.1, 0.15) is 65.4 Å². The van der Waals surface area contributed by atoms with Crippen molar-refractivity contribution in [3.63, 3.8) is 0 Å². The standard InChI is InChI=1S/C20H21F3N6O/c1-11(2)16-8-12(6-7-24-16)29-10-13-14(4-5-15(13)26-29)25-19(30)17-9-18(20(21,22)23)27-28(17)3/h6-11,14H,4-5H2,1-3H3,(H,25,30)/t14-/m1/s1. The van der Waals surface area contributed by atoms with Gasteiger partial charge in [0.25, 0.3) is 5.91 Å². The van der Waals surface area contributed by atoms with Gasteiger partial charge < -0.3 is 5.32 Å². The molecule has 1 aliphatic carbocycles. The Hall–Kier alpha value is -3.17. The fourth-order valence-corrected chi connectivity index (χ4v) is 3.57. The summed E-state index contributed by atoms with van der Waals surface area (Å²) in [4.78, 5) is 16.9. The van der Waals surface area contributed by atoms with Gasteiger partial charge in [0.2, 0.25) is 0 Å². The Morgan fingerprint density at radius 3 is 2.70 bits per heavy atom. The summed E-state index contributed by atoms with van der Waals surface area (Å²) in [5.74, 6) is -0.322. The van der Waals surface area contributed by atoms with Crippen LogP contribution in [-0.2, 0) is 19.6 Å². The van der Waals surface area contributed by atoms with E-state index in [2.05, 4.69) is 34.3 Å². The fourth-order valence-electron chi connectivity index (χ4n) is 3.57. The average Bonchev–Trinajstić information content (AvgIpc) is 3.36. The number of alkyl halides is 3. The zero-order chi connectivity index (χ0) is 21.6. The van der Waals surface area contributed by atoms with E-state index in [1.165, 1.54) is 7.05 Å². The van der Waals surface area contributed by atoms with Crippen LogP contribution < -0.4 is 5.32 Å². The van der Waals surface area contributed by atoms with Gasteiger partial charge in [-0.1, -0.05) is 13.8 Å². The van der Waals surface area contributed by atoms with E-state index in [1.807, 2.05) is 18.3 Å². The smallest absolute Gasteiger partial charge is 0.344 e. The quantitative estimate of drug-likeness (QED) is 0.703. The van der Waals surface area contributed by atoms with Crippen molar-refractivity contribution in [1.29, 1.82) is 0 Å². The molecule has 0 unspecified atom stereocenters. The third-order valence-electron chi connectivity index (χ3n) is 5.20. The number of halogens is 3. The second-order valence-electron chi connectivity index (χ2n) is 7.67. The van der Waals surface area contributed by atoms with E-state index in [4.69, 9.17) is 0 Å². The normalized spacial score (nSPS) is 16.2. The summed E-state index contributed by atoms with van der Waals surface area (Å²) in [6.07, 6.45) is 0.308. The maximum Gasteiger partial charge on any atom is 0.435 e. The van der Waals surface area contributed by atoms with Gasteiger partial charge in [-0.2, -0.15) is 23.4 Å². The number of hydrogen-bond acceptors (Lipinski definition) is 4. The topological polar surface area (TPSA) is 77.6 Å². The highest BCUT2D eigenvalue weighted by Gasteiger charge is 2.36. The monoisotopic (exact) mass is 418 g/mol. The van der Waals surface area contributed by atoms with Crippen LogP contribution in [0.4, 0.5) is 13.2 Å². The lowest BCUT2D eigenvalue weighted by atomic mass is 10.1. The van der Waals surface area contributed by atoms with Crippen LogP contribution in [0.3, 0.4) is 0 Å². The number of carbonyl (C=O) groups excluding carboxylic acids is 1. The van der Waals surface area contributed by atoms with Crippen LogP contribution in [0, 0.1) is 0 Å². The minimum Gasteiger partial charge on any atom is -0.344 e. The number of aromatic nitrogens is 5. The first-order chi connectivity index (χ1) is 14.1. The summed E-state index contributed by atoms with van der Waals surface area (Å²) in [6.45, 7) is 4.12. The number of rotatable bonds is 4. The molecule has 0 aromatic carbocycles. The summed E-state index contributed by atoms with van der Waals surface area (Å²) < 4.78 is 41.3. The Bertz CT molecular complexity index is 1100. The summed E-state index contributed by atoms with van der Waals surface area (Å²) in [5.41, 5.74) is 2.32. The Balaban J connectivity index is 1.55. The van der Waals surface area contributed by atoms with E-state index >= 15 is 0 Å². The first kappa shape index (κ1) is 20.1. The van der Waals surface area contributed by atoms with Crippen molar-refractivity contribution in [1.82, 2.24) is 29.9 Å². The maximum absolute atomic E-state index is 12.9. The van der Waals surface area contributed by atoms with Crippen molar-refractivity contribution in [2.45, 2.75) is 44.8 Å². The molecule has 0 saturated carbocycles. The zero-order valence-corrected chi connectivity index (χ0v) is 16.7. The van der Waals surface area contributed by atoms with E-state index in [-0.39, 0.29) is 17.7 Å². The van der Waals surface area contributed by atoms with Gasteiger partial charge in [0, 0.05) is 36.8 Å². The van der Waals surface area contributed by atoms with Crippen LogP contribution in [-0.4, -0.2) is 30.5 Å². The van der Waals surface area contributed by atoms with Crippen LogP contribution in [0.15, 0.2) is 30.6 Å². The van der Waals surface area contributed by atoms with Gasteiger partial charge >= 0.3 is 6.18 Å². The Kier molecular flexibility index (Phi) is 4.87. The summed E-state index contributed by atoms with van der Waals surface area (Å²) >= 11 is 0. The molecule has 1 atom stereocenters. The van der Waals surface area contributed by atoms with Gasteiger partial charge in [0.1, 0.15) is 5.69 Å². The van der Waals surface area contributed by atoms with Crippen LogP contribution in [0.25, 0.3) is 5.69 Å². The Morgan fingerprint density at radius 2 is 2.03 bits per heavy atom. The molecule has 3 aromatic heterocycles. The molecule has 1 N–H and O–H groups in total. The molecule has 10 heteroatoms. The molecule has 1 amide bonds. The molecule has 0 saturated heterocycles. The second kappa shape index (κ2) is 7.26. The third-order valence-corrected chi connectivity index (χ3v) is 5.20. The zero-order valence-electron chi connectivity index (χ0n) is 16.7. The first-order valence-corrected chi connectivity index (χ1v) is 9.60. The van der Waals surface area contributed by atoms with E-state index in [1.54, 1.807) is 10.9 Å². The third kappa shape index (κ3) is 3.69. The number of amides is 1. The number of aryl methyl sites for hydroxylation is 2. The van der Waals surface area contributed by atoms with Crippen molar-refractivity contribution >= 4 is 5.91 Å². The van der Waals surface area contributed by atoms with Crippen molar-refractivity contribution in [2.24, 2.45) is 7.05 Å². The first-order valence-electron chi connectivity index (χ1n) is 9.60. The largest absolute Gasteiger partial charge is 0.435 e. The van der Waals surface area contributed by atoms with Gasteiger partial charge in [-0.15, -0.1) is 0 Å². The van der Waals surface area contributed by atoms with Crippen LogP contribution in [0.2, 0.25) is 0 Å². The molecule has 0 aliphatic heterocycles. The van der Waals surface area contributed by atoms with E-state index < -0.39 is 17.8 Å². The number of nitrogens with one attached hydrogen (secondary N) is 1. The molecule has 30 heavy (non-hydrogen) atoms. The number of carbonyl (C=O) groups is 1. The molecule has 0 radical (unpaired) electrons. The molecule has 1 aliphatic rings. The van der Waals surface area contributed by atoms with Gasteiger partial charge in [-0.25, -0.2) is 4.68 Å². The molecule has 0 spiro atoms. The van der Waals surface area contributed by atoms with Crippen molar-refractivity contribution in [2.75, 3.05) is 0 Å². The Labute approximate surface area is 170 Å². The van der Waals surface area contributed by atoms with E-state index in [0.717, 1.165) is 33.4 Å². The van der Waals surface area contributed by atoms with Crippen LogP contribution in [0.5, 0.6) is 0 Å². The molecule has 0 bridgehead atoms. The summed E-state index contributed by atoms with van der Waals surface area (Å²) in [5, 5.41) is 10.8. The second-order valence-corrected chi connectivity index (χ2v) is 7.67. The van der Waals surface area contributed by atoms with Gasteiger partial charge in [-0.3, -0.25) is 14.5 Å². The minimum atomic E-state index is -4.60. The molecule has 7 nitrogen and oxygen atoms in total. The molecule has 3 aromatic rings. The average molecular weight is 418 g/mol. The van der Waals surface area contributed by atoms with Gasteiger partial charge in [0.05, 0.1) is 17.4 Å². The highest BCUT2D eigenvalue weighted by atomic mass is 19.4. The SMILES string of the molecule is CC(C)c1cc(-n2cc3c(n2)CC[C@H]3NC(=O)c2cc(C(F)(F)F)nn2C)ccn1. The lowest BCUT2D eigenvalue weighted by molar-refractivity contribution is -0.141. The number of fused-ring (bicyclic) bond motifs is 1. The predicted octanol–water partition coefficient (Wildman–Crippen LogP) is 3.56. The van der Waals surface area contributed by atoms with Crippen molar-refractivity contribution < 1.29 is 18.0 Å². The van der Waals surface area contributed by atoms with Crippen molar-refractivity contribution in [3.05, 3.63) is 58.9 Å². The molecule has 158 valence electrons. The summed E-state index contributed by atoms with van der Waals surface area (Å²) in [7, 11) is 1.32. The fraction of sp³-hybridized carbons (Fsp3) is 0.400. The highest BCUT2D eigenvalue weighted by molar-refractivity contribution is 5.93. The predicted molar refractivity (Wildman–Crippen MR) is 102 cm³/mol. The van der Waals surface area contributed by atoms with Crippen LogP contribution >= 0.6 is 0 Å². The number of hydrogen-bond donors (Lipinski definition) is 1.